The minimum atomic E-state index is -0.351. The van der Waals surface area contributed by atoms with Crippen LogP contribution in [0.5, 0.6) is 0 Å². The van der Waals surface area contributed by atoms with Crippen molar-refractivity contribution in [1.82, 2.24) is 0 Å². The van der Waals surface area contributed by atoms with Crippen molar-refractivity contribution in [2.24, 2.45) is 0 Å². The molecule has 0 aromatic heterocycles. The minimum Gasteiger partial charge on any atom is -0.372 e. The first-order valence-corrected chi connectivity index (χ1v) is 7.94. The van der Waals surface area contributed by atoms with Crippen LogP contribution < -0.4 is 10.2 Å². The molecule has 0 saturated carbocycles. The third-order valence-corrected chi connectivity index (χ3v) is 3.92. The Bertz CT molecular complexity index is 681. The topological polar surface area (TPSA) is 32.3 Å². The monoisotopic (exact) mass is 314 g/mol. The molecule has 1 N–H and O–H groups in total. The Labute approximate surface area is 137 Å². The van der Waals surface area contributed by atoms with Crippen LogP contribution in [0.2, 0.25) is 0 Å². The van der Waals surface area contributed by atoms with Crippen molar-refractivity contribution in [1.29, 1.82) is 0 Å². The van der Waals surface area contributed by atoms with Gasteiger partial charge in [0.1, 0.15) is 5.82 Å². The number of anilines is 2. The Morgan fingerprint density at radius 2 is 1.83 bits per heavy atom. The largest absolute Gasteiger partial charge is 0.372 e. The summed E-state index contributed by atoms with van der Waals surface area (Å²) < 4.78 is 13.6. The number of benzene rings is 2. The quantitative estimate of drug-likeness (QED) is 0.868. The van der Waals surface area contributed by atoms with E-state index >= 15 is 0 Å². The summed E-state index contributed by atoms with van der Waals surface area (Å²) in [5.41, 5.74) is 3.31. The molecule has 0 fully saturated rings. The van der Waals surface area contributed by atoms with Gasteiger partial charge in [0, 0.05) is 24.5 Å². The number of aryl methyl sites for hydroxylation is 1. The van der Waals surface area contributed by atoms with Crippen molar-refractivity contribution in [2.75, 3.05) is 23.3 Å². The Balaban J connectivity index is 2.08. The first-order chi connectivity index (χ1) is 11.0. The summed E-state index contributed by atoms with van der Waals surface area (Å²) in [6, 6.07) is 12.3. The summed E-state index contributed by atoms with van der Waals surface area (Å²) >= 11 is 0. The lowest BCUT2D eigenvalue weighted by Crippen LogP contribution is -2.22. The van der Waals surface area contributed by atoms with Crippen LogP contribution >= 0.6 is 0 Å². The van der Waals surface area contributed by atoms with E-state index < -0.39 is 0 Å². The van der Waals surface area contributed by atoms with Gasteiger partial charge in [-0.3, -0.25) is 4.79 Å². The first-order valence-electron chi connectivity index (χ1n) is 7.94. The van der Waals surface area contributed by atoms with E-state index in [9.17, 15) is 9.18 Å². The SMILES string of the molecule is CCN(CC)c1ccc(NC(=O)Cc2ccccc2F)c(C)c1. The van der Waals surface area contributed by atoms with Crippen molar-refractivity contribution >= 4 is 17.3 Å². The maximum atomic E-state index is 13.6. The molecule has 4 heteroatoms. The zero-order chi connectivity index (χ0) is 16.8. The number of carbonyl (C=O) groups excluding carboxylic acids is 1. The van der Waals surface area contributed by atoms with Crippen LogP contribution in [0.3, 0.4) is 0 Å². The summed E-state index contributed by atoms with van der Waals surface area (Å²) in [6.45, 7) is 8.07. The minimum absolute atomic E-state index is 0.0317. The fourth-order valence-corrected chi connectivity index (χ4v) is 2.58. The number of hydrogen-bond acceptors (Lipinski definition) is 2. The molecule has 0 spiro atoms. The van der Waals surface area contributed by atoms with Gasteiger partial charge in [0.25, 0.3) is 0 Å². The van der Waals surface area contributed by atoms with Crippen molar-refractivity contribution < 1.29 is 9.18 Å². The van der Waals surface area contributed by atoms with Gasteiger partial charge in [-0.1, -0.05) is 18.2 Å². The fourth-order valence-electron chi connectivity index (χ4n) is 2.58. The number of carbonyl (C=O) groups is 1. The van der Waals surface area contributed by atoms with E-state index in [1.165, 1.54) is 6.07 Å². The summed E-state index contributed by atoms with van der Waals surface area (Å²) in [7, 11) is 0. The molecule has 122 valence electrons. The third-order valence-electron chi connectivity index (χ3n) is 3.92. The summed E-state index contributed by atoms with van der Waals surface area (Å²) in [5, 5.41) is 2.86. The zero-order valence-corrected chi connectivity index (χ0v) is 13.9. The molecule has 3 nitrogen and oxygen atoms in total. The van der Waals surface area contributed by atoms with Crippen LogP contribution in [0.25, 0.3) is 0 Å². The average molecular weight is 314 g/mol. The Morgan fingerprint density at radius 3 is 2.43 bits per heavy atom. The number of rotatable bonds is 6. The highest BCUT2D eigenvalue weighted by atomic mass is 19.1. The number of nitrogens with one attached hydrogen (secondary N) is 1. The Hall–Kier alpha value is -2.36. The highest BCUT2D eigenvalue weighted by Gasteiger charge is 2.10. The zero-order valence-electron chi connectivity index (χ0n) is 13.9. The van der Waals surface area contributed by atoms with E-state index in [-0.39, 0.29) is 18.1 Å². The molecule has 0 saturated heterocycles. The van der Waals surface area contributed by atoms with Crippen LogP contribution in [0.15, 0.2) is 42.5 Å². The molecule has 2 aromatic carbocycles. The molecule has 0 aliphatic rings. The lowest BCUT2D eigenvalue weighted by atomic mass is 10.1. The van der Waals surface area contributed by atoms with Gasteiger partial charge in [0.15, 0.2) is 0 Å². The molecule has 0 atom stereocenters. The van der Waals surface area contributed by atoms with Crippen molar-refractivity contribution in [3.63, 3.8) is 0 Å². The van der Waals surface area contributed by atoms with Crippen LogP contribution in [0.1, 0.15) is 25.0 Å². The van der Waals surface area contributed by atoms with E-state index in [4.69, 9.17) is 0 Å². The van der Waals surface area contributed by atoms with E-state index in [0.717, 1.165) is 30.0 Å². The Morgan fingerprint density at radius 1 is 1.13 bits per heavy atom. The van der Waals surface area contributed by atoms with Gasteiger partial charge in [0.2, 0.25) is 5.91 Å². The van der Waals surface area contributed by atoms with E-state index in [0.29, 0.717) is 5.56 Å². The molecule has 1 amide bonds. The highest BCUT2D eigenvalue weighted by molar-refractivity contribution is 5.93. The summed E-state index contributed by atoms with van der Waals surface area (Å²) in [5.74, 6) is -0.565. The molecule has 0 aliphatic heterocycles. The van der Waals surface area contributed by atoms with E-state index in [1.54, 1.807) is 18.2 Å². The van der Waals surface area contributed by atoms with Crippen molar-refractivity contribution in [2.45, 2.75) is 27.2 Å². The maximum Gasteiger partial charge on any atom is 0.228 e. The predicted octanol–water partition coefficient (Wildman–Crippen LogP) is 4.16. The van der Waals surface area contributed by atoms with E-state index in [1.807, 2.05) is 19.1 Å². The number of amides is 1. The number of hydrogen-bond donors (Lipinski definition) is 1. The van der Waals surface area contributed by atoms with Gasteiger partial charge in [-0.15, -0.1) is 0 Å². The van der Waals surface area contributed by atoms with Crippen molar-refractivity contribution in [3.8, 4) is 0 Å². The second-order valence-electron chi connectivity index (χ2n) is 5.49. The van der Waals surface area contributed by atoms with E-state index in [2.05, 4.69) is 30.1 Å². The second-order valence-corrected chi connectivity index (χ2v) is 5.49. The number of halogens is 1. The smallest absolute Gasteiger partial charge is 0.228 e. The summed E-state index contributed by atoms with van der Waals surface area (Å²) in [6.07, 6.45) is 0.0317. The predicted molar refractivity (Wildman–Crippen MR) is 93.5 cm³/mol. The second kappa shape index (κ2) is 7.77. The van der Waals surface area contributed by atoms with Gasteiger partial charge in [-0.25, -0.2) is 4.39 Å². The molecular formula is C19H23FN2O. The highest BCUT2D eigenvalue weighted by Crippen LogP contribution is 2.23. The maximum absolute atomic E-state index is 13.6. The Kier molecular flexibility index (Phi) is 5.74. The first kappa shape index (κ1) is 17.0. The van der Waals surface area contributed by atoms with Crippen LogP contribution in [-0.4, -0.2) is 19.0 Å². The molecule has 0 radical (unpaired) electrons. The number of nitrogens with zero attached hydrogens (tertiary/aromatic N) is 1. The fraction of sp³-hybridized carbons (Fsp3) is 0.316. The van der Waals surface area contributed by atoms with Gasteiger partial charge < -0.3 is 10.2 Å². The average Bonchev–Trinajstić information content (AvgIpc) is 2.53. The molecule has 23 heavy (non-hydrogen) atoms. The lowest BCUT2D eigenvalue weighted by molar-refractivity contribution is -0.115. The van der Waals surface area contributed by atoms with Crippen LogP contribution in [0, 0.1) is 12.7 Å². The molecule has 0 aliphatic carbocycles. The van der Waals surface area contributed by atoms with Crippen molar-refractivity contribution in [3.05, 3.63) is 59.4 Å². The summed E-state index contributed by atoms with van der Waals surface area (Å²) in [4.78, 5) is 14.4. The third kappa shape index (κ3) is 4.31. The van der Waals surface area contributed by atoms with Crippen LogP contribution in [0.4, 0.5) is 15.8 Å². The molecular weight excluding hydrogens is 291 g/mol. The lowest BCUT2D eigenvalue weighted by Gasteiger charge is -2.22. The normalized spacial score (nSPS) is 10.4. The molecule has 2 aromatic rings. The molecule has 0 unspecified atom stereocenters. The van der Waals surface area contributed by atoms with Crippen LogP contribution in [-0.2, 0) is 11.2 Å². The molecule has 0 heterocycles. The van der Waals surface area contributed by atoms with Gasteiger partial charge in [-0.05, 0) is 56.2 Å². The molecule has 2 rings (SSSR count). The molecule has 0 bridgehead atoms. The van der Waals surface area contributed by atoms with Gasteiger partial charge >= 0.3 is 0 Å². The standard InChI is InChI=1S/C19H23FN2O/c1-4-22(5-2)16-10-11-18(14(3)12-16)21-19(23)13-15-8-6-7-9-17(15)20/h6-12H,4-5,13H2,1-3H3,(H,21,23). The van der Waals surface area contributed by atoms with Gasteiger partial charge in [-0.2, -0.15) is 0 Å². The van der Waals surface area contributed by atoms with Gasteiger partial charge in [0.05, 0.1) is 6.42 Å².